The normalized spacial score (nSPS) is 13.8. The highest BCUT2D eigenvalue weighted by Gasteiger charge is 2.27. The molecule has 0 atom stereocenters. The molecule has 0 fully saturated rings. The molecule has 7 heteroatoms. The molecule has 0 aliphatic carbocycles. The van der Waals surface area contributed by atoms with Crippen molar-refractivity contribution in [2.24, 2.45) is 0 Å². The number of nitrogens with zero attached hydrogens (tertiary/aromatic N) is 3. The first-order valence-corrected chi connectivity index (χ1v) is 7.81. The van der Waals surface area contributed by atoms with Crippen LogP contribution in [0.3, 0.4) is 0 Å². The highest BCUT2D eigenvalue weighted by atomic mass is 16.2. The Labute approximate surface area is 138 Å². The van der Waals surface area contributed by atoms with Gasteiger partial charge in [0.05, 0.1) is 30.5 Å². The molecule has 122 valence electrons. The maximum absolute atomic E-state index is 12.8. The van der Waals surface area contributed by atoms with E-state index in [1.807, 2.05) is 30.3 Å². The summed E-state index contributed by atoms with van der Waals surface area (Å²) in [5, 5.41) is 7.85. The Bertz CT molecular complexity index is 907. The van der Waals surface area contributed by atoms with Crippen LogP contribution in [0.5, 0.6) is 0 Å². The van der Waals surface area contributed by atoms with Gasteiger partial charge in [-0.3, -0.25) is 14.3 Å². The molecule has 2 aromatic heterocycles. The number of amides is 2. The molecule has 0 bridgehead atoms. The van der Waals surface area contributed by atoms with Gasteiger partial charge in [0.1, 0.15) is 5.69 Å². The molecule has 4 rings (SSSR count). The van der Waals surface area contributed by atoms with Crippen LogP contribution >= 0.6 is 0 Å². The third-order valence-electron chi connectivity index (χ3n) is 4.39. The maximum atomic E-state index is 12.8. The second-order valence-corrected chi connectivity index (χ2v) is 5.80. The first-order chi connectivity index (χ1) is 11.7. The fraction of sp³-hybridized carbons (Fsp3) is 0.235. The van der Waals surface area contributed by atoms with Gasteiger partial charge >= 0.3 is 0 Å². The minimum absolute atomic E-state index is 0.0680. The quantitative estimate of drug-likeness (QED) is 0.747. The number of carbonyl (C=O) groups excluding carboxylic acids is 2. The van der Waals surface area contributed by atoms with E-state index in [0.29, 0.717) is 30.9 Å². The van der Waals surface area contributed by atoms with Crippen LogP contribution in [0.1, 0.15) is 26.5 Å². The van der Waals surface area contributed by atoms with Gasteiger partial charge in [-0.25, -0.2) is 0 Å². The zero-order chi connectivity index (χ0) is 16.7. The topological polar surface area (TPSA) is 83.0 Å². The Morgan fingerprint density at radius 1 is 1.25 bits per heavy atom. The number of benzene rings is 1. The van der Waals surface area contributed by atoms with Crippen LogP contribution in [-0.4, -0.2) is 45.1 Å². The average molecular weight is 323 g/mol. The monoisotopic (exact) mass is 323 g/mol. The van der Waals surface area contributed by atoms with E-state index >= 15 is 0 Å². The van der Waals surface area contributed by atoms with Crippen LogP contribution < -0.4 is 5.32 Å². The van der Waals surface area contributed by atoms with E-state index in [2.05, 4.69) is 15.4 Å². The maximum Gasteiger partial charge on any atom is 0.270 e. The van der Waals surface area contributed by atoms with Gasteiger partial charge in [-0.05, 0) is 12.1 Å². The number of H-pyrrole nitrogens is 1. The molecule has 0 saturated heterocycles. The second kappa shape index (κ2) is 5.52. The van der Waals surface area contributed by atoms with Gasteiger partial charge < -0.3 is 15.2 Å². The number of hydrogen-bond acceptors (Lipinski definition) is 3. The first kappa shape index (κ1) is 14.5. The van der Waals surface area contributed by atoms with Crippen molar-refractivity contribution in [1.29, 1.82) is 0 Å². The fourth-order valence-electron chi connectivity index (χ4n) is 3.10. The van der Waals surface area contributed by atoms with Crippen LogP contribution in [-0.2, 0) is 13.1 Å². The van der Waals surface area contributed by atoms with Gasteiger partial charge in [0.2, 0.25) is 0 Å². The number of aromatic amines is 1. The van der Waals surface area contributed by atoms with Crippen molar-refractivity contribution in [2.75, 3.05) is 13.6 Å². The molecule has 1 aromatic carbocycles. The molecule has 3 heterocycles. The predicted molar refractivity (Wildman–Crippen MR) is 88.7 cm³/mol. The summed E-state index contributed by atoms with van der Waals surface area (Å²) in [6, 6.07) is 9.66. The number of aromatic nitrogens is 3. The number of rotatable bonds is 2. The minimum Gasteiger partial charge on any atom is -0.355 e. The fourth-order valence-corrected chi connectivity index (χ4v) is 3.10. The van der Waals surface area contributed by atoms with Crippen LogP contribution in [0.2, 0.25) is 0 Å². The van der Waals surface area contributed by atoms with Gasteiger partial charge in [-0.15, -0.1) is 0 Å². The standard InChI is InChI=1S/C17H17N5O2/c1-18-16(23)12-9-19-22-7-6-21(10-15(12)22)17(24)14-8-11-4-2-3-5-13(11)20-14/h2-5,8-9,20H,6-7,10H2,1H3,(H,18,23). The van der Waals surface area contributed by atoms with E-state index in [1.165, 1.54) is 0 Å². The third kappa shape index (κ3) is 2.25. The largest absolute Gasteiger partial charge is 0.355 e. The molecule has 2 amide bonds. The highest BCUT2D eigenvalue weighted by molar-refractivity contribution is 5.98. The van der Waals surface area contributed by atoms with Gasteiger partial charge in [0, 0.05) is 24.5 Å². The Morgan fingerprint density at radius 2 is 2.08 bits per heavy atom. The smallest absolute Gasteiger partial charge is 0.270 e. The van der Waals surface area contributed by atoms with Crippen molar-refractivity contribution in [2.45, 2.75) is 13.1 Å². The summed E-state index contributed by atoms with van der Waals surface area (Å²) in [6.45, 7) is 1.52. The lowest BCUT2D eigenvalue weighted by molar-refractivity contribution is 0.0698. The minimum atomic E-state index is -0.184. The molecule has 3 aromatic rings. The van der Waals surface area contributed by atoms with Crippen molar-refractivity contribution >= 4 is 22.7 Å². The first-order valence-electron chi connectivity index (χ1n) is 7.81. The molecule has 24 heavy (non-hydrogen) atoms. The summed E-state index contributed by atoms with van der Waals surface area (Å²) in [4.78, 5) is 29.7. The lowest BCUT2D eigenvalue weighted by Gasteiger charge is -2.28. The van der Waals surface area contributed by atoms with Crippen molar-refractivity contribution in [1.82, 2.24) is 25.0 Å². The van der Waals surface area contributed by atoms with E-state index in [1.54, 1.807) is 22.8 Å². The van der Waals surface area contributed by atoms with Crippen LogP contribution in [0, 0.1) is 0 Å². The van der Waals surface area contributed by atoms with Crippen molar-refractivity contribution in [3.63, 3.8) is 0 Å². The predicted octanol–water partition coefficient (Wildman–Crippen LogP) is 1.38. The second-order valence-electron chi connectivity index (χ2n) is 5.80. The van der Waals surface area contributed by atoms with Crippen molar-refractivity contribution in [3.8, 4) is 0 Å². The number of para-hydroxylation sites is 1. The summed E-state index contributed by atoms with van der Waals surface area (Å²) < 4.78 is 1.79. The molecule has 0 saturated carbocycles. The molecule has 7 nitrogen and oxygen atoms in total. The third-order valence-corrected chi connectivity index (χ3v) is 4.39. The summed E-state index contributed by atoms with van der Waals surface area (Å²) in [7, 11) is 1.59. The zero-order valence-electron chi connectivity index (χ0n) is 13.2. The Hall–Kier alpha value is -3.09. The molecule has 1 aliphatic heterocycles. The molecular weight excluding hydrogens is 306 g/mol. The lowest BCUT2D eigenvalue weighted by Crippen LogP contribution is -2.39. The number of nitrogens with one attached hydrogen (secondary N) is 2. The Balaban J connectivity index is 1.63. The number of carbonyl (C=O) groups is 2. The van der Waals surface area contributed by atoms with Crippen LogP contribution in [0.4, 0.5) is 0 Å². The number of hydrogen-bond donors (Lipinski definition) is 2. The zero-order valence-corrected chi connectivity index (χ0v) is 13.2. The highest BCUT2D eigenvalue weighted by Crippen LogP contribution is 2.20. The lowest BCUT2D eigenvalue weighted by atomic mass is 10.2. The number of fused-ring (bicyclic) bond motifs is 2. The molecule has 0 unspecified atom stereocenters. The van der Waals surface area contributed by atoms with Gasteiger partial charge in [0.25, 0.3) is 11.8 Å². The molecule has 0 radical (unpaired) electrons. The van der Waals surface area contributed by atoms with Gasteiger partial charge in [0.15, 0.2) is 0 Å². The molecule has 0 spiro atoms. The van der Waals surface area contributed by atoms with Gasteiger partial charge in [-0.1, -0.05) is 18.2 Å². The Morgan fingerprint density at radius 3 is 2.88 bits per heavy atom. The SMILES string of the molecule is CNC(=O)c1cnn2c1CN(C(=O)c1cc3ccccc3[nH]1)CC2. The molecule has 2 N–H and O–H groups in total. The summed E-state index contributed by atoms with van der Waals surface area (Å²) in [5.74, 6) is -0.252. The van der Waals surface area contributed by atoms with Gasteiger partial charge in [-0.2, -0.15) is 5.10 Å². The van der Waals surface area contributed by atoms with E-state index < -0.39 is 0 Å². The van der Waals surface area contributed by atoms with E-state index in [0.717, 1.165) is 16.6 Å². The van der Waals surface area contributed by atoms with E-state index in [-0.39, 0.29) is 11.8 Å². The van der Waals surface area contributed by atoms with E-state index in [4.69, 9.17) is 0 Å². The van der Waals surface area contributed by atoms with Crippen molar-refractivity contribution < 1.29 is 9.59 Å². The summed E-state index contributed by atoms with van der Waals surface area (Å²) in [5.41, 5.74) is 2.79. The average Bonchev–Trinajstić information content (AvgIpc) is 3.23. The molecule has 1 aliphatic rings. The van der Waals surface area contributed by atoms with Crippen LogP contribution in [0.25, 0.3) is 10.9 Å². The van der Waals surface area contributed by atoms with Crippen LogP contribution in [0.15, 0.2) is 36.5 Å². The summed E-state index contributed by atoms with van der Waals surface area (Å²) in [6.07, 6.45) is 1.56. The Kier molecular flexibility index (Phi) is 3.34. The van der Waals surface area contributed by atoms with E-state index in [9.17, 15) is 9.59 Å². The van der Waals surface area contributed by atoms with Crippen molar-refractivity contribution in [3.05, 3.63) is 53.5 Å². The summed E-state index contributed by atoms with van der Waals surface area (Å²) >= 11 is 0. The molecular formula is C17H17N5O2.